The Bertz CT molecular complexity index is 316. The first-order valence-electron chi connectivity index (χ1n) is 5.56. The van der Waals surface area contributed by atoms with Gasteiger partial charge in [-0.25, -0.2) is 4.98 Å². The van der Waals surface area contributed by atoms with Gasteiger partial charge in [-0.3, -0.25) is 0 Å². The summed E-state index contributed by atoms with van der Waals surface area (Å²) in [5.41, 5.74) is 2.16. The molecule has 0 aromatic carbocycles. The van der Waals surface area contributed by atoms with Crippen LogP contribution in [0.2, 0.25) is 0 Å². The maximum absolute atomic E-state index is 5.09. The number of rotatable bonds is 4. The van der Waals surface area contributed by atoms with E-state index >= 15 is 0 Å². The minimum Gasteiger partial charge on any atom is -0.378 e. The number of nitrogens with one attached hydrogen (secondary N) is 2. The average Bonchev–Trinajstić information content (AvgIpc) is 2.79. The van der Waals surface area contributed by atoms with Gasteiger partial charge in [0.1, 0.15) is 5.82 Å². The Morgan fingerprint density at radius 2 is 2.40 bits per heavy atom. The number of hydrogen-bond donors (Lipinski definition) is 2. The van der Waals surface area contributed by atoms with Crippen molar-refractivity contribution in [2.45, 2.75) is 38.8 Å². The molecule has 15 heavy (non-hydrogen) atoms. The van der Waals surface area contributed by atoms with Gasteiger partial charge in [-0.05, 0) is 26.3 Å². The summed E-state index contributed by atoms with van der Waals surface area (Å²) >= 11 is 0. The number of aryl methyl sites for hydroxylation is 1. The lowest BCUT2D eigenvalue weighted by Crippen LogP contribution is -2.24. The van der Waals surface area contributed by atoms with E-state index in [2.05, 4.69) is 15.3 Å². The standard InChI is InChI=1S/C11H19N3O/c1-8-10(7-15-2)14-11(13-8)6-9-4-3-5-12-9/h9,12H,3-7H2,1-2H3,(H,13,14). The SMILES string of the molecule is COCc1nc(CC2CCCN2)[nH]c1C. The first-order chi connectivity index (χ1) is 7.29. The molecule has 0 amide bonds. The van der Waals surface area contributed by atoms with E-state index < -0.39 is 0 Å². The molecule has 4 heteroatoms. The number of imidazole rings is 1. The molecule has 2 N–H and O–H groups in total. The molecule has 0 saturated carbocycles. The summed E-state index contributed by atoms with van der Waals surface area (Å²) in [6.45, 7) is 3.79. The predicted octanol–water partition coefficient (Wildman–Crippen LogP) is 1.16. The summed E-state index contributed by atoms with van der Waals surface area (Å²) in [7, 11) is 1.70. The minimum atomic E-state index is 0.598. The minimum absolute atomic E-state index is 0.598. The van der Waals surface area contributed by atoms with Crippen LogP contribution in [-0.4, -0.2) is 29.7 Å². The number of ether oxygens (including phenoxy) is 1. The van der Waals surface area contributed by atoms with E-state index in [1.165, 1.54) is 12.8 Å². The number of aromatic nitrogens is 2. The van der Waals surface area contributed by atoms with Gasteiger partial charge in [0, 0.05) is 25.3 Å². The summed E-state index contributed by atoms with van der Waals surface area (Å²) in [6, 6.07) is 0.603. The molecule has 0 radical (unpaired) electrons. The zero-order valence-corrected chi connectivity index (χ0v) is 9.47. The lowest BCUT2D eigenvalue weighted by molar-refractivity contribution is 0.181. The van der Waals surface area contributed by atoms with E-state index in [0.29, 0.717) is 12.6 Å². The number of H-pyrrole nitrogens is 1. The Labute approximate surface area is 90.4 Å². The Kier molecular flexibility index (Phi) is 3.38. The molecule has 1 aromatic rings. The van der Waals surface area contributed by atoms with Crippen molar-refractivity contribution < 1.29 is 4.74 Å². The van der Waals surface area contributed by atoms with E-state index in [1.54, 1.807) is 7.11 Å². The van der Waals surface area contributed by atoms with Crippen LogP contribution in [0, 0.1) is 6.92 Å². The Hall–Kier alpha value is -0.870. The normalized spacial score (nSPS) is 21.1. The lowest BCUT2D eigenvalue weighted by atomic mass is 10.1. The van der Waals surface area contributed by atoms with Crippen molar-refractivity contribution in [2.75, 3.05) is 13.7 Å². The van der Waals surface area contributed by atoms with Gasteiger partial charge in [0.2, 0.25) is 0 Å². The second kappa shape index (κ2) is 4.77. The molecular weight excluding hydrogens is 190 g/mol. The second-order valence-electron chi connectivity index (χ2n) is 4.19. The number of nitrogens with zero attached hydrogens (tertiary/aromatic N) is 1. The van der Waals surface area contributed by atoms with Gasteiger partial charge in [-0.1, -0.05) is 0 Å². The molecule has 0 bridgehead atoms. The fourth-order valence-corrected chi connectivity index (χ4v) is 2.10. The summed E-state index contributed by atoms with van der Waals surface area (Å²) in [6.07, 6.45) is 3.55. The molecule has 1 saturated heterocycles. The predicted molar refractivity (Wildman–Crippen MR) is 58.8 cm³/mol. The highest BCUT2D eigenvalue weighted by atomic mass is 16.5. The van der Waals surface area contributed by atoms with Crippen molar-refractivity contribution >= 4 is 0 Å². The third-order valence-corrected chi connectivity index (χ3v) is 2.92. The van der Waals surface area contributed by atoms with Crippen LogP contribution in [-0.2, 0) is 17.8 Å². The van der Waals surface area contributed by atoms with E-state index in [1.807, 2.05) is 6.92 Å². The molecule has 4 nitrogen and oxygen atoms in total. The molecule has 1 aliphatic rings. The fourth-order valence-electron chi connectivity index (χ4n) is 2.10. The molecule has 1 fully saturated rings. The summed E-state index contributed by atoms with van der Waals surface area (Å²) < 4.78 is 5.09. The van der Waals surface area contributed by atoms with Crippen LogP contribution in [0.1, 0.15) is 30.1 Å². The van der Waals surface area contributed by atoms with Gasteiger partial charge in [0.25, 0.3) is 0 Å². The van der Waals surface area contributed by atoms with Crippen LogP contribution < -0.4 is 5.32 Å². The van der Waals surface area contributed by atoms with E-state index in [4.69, 9.17) is 4.74 Å². The van der Waals surface area contributed by atoms with Crippen LogP contribution in [0.25, 0.3) is 0 Å². The number of aromatic amines is 1. The summed E-state index contributed by atoms with van der Waals surface area (Å²) in [5, 5.41) is 3.47. The molecule has 1 aromatic heterocycles. The Morgan fingerprint density at radius 3 is 3.07 bits per heavy atom. The zero-order chi connectivity index (χ0) is 10.7. The molecule has 0 aliphatic carbocycles. The highest BCUT2D eigenvalue weighted by Gasteiger charge is 2.16. The van der Waals surface area contributed by atoms with Gasteiger partial charge in [-0.15, -0.1) is 0 Å². The Morgan fingerprint density at radius 1 is 1.53 bits per heavy atom. The third kappa shape index (κ3) is 2.58. The van der Waals surface area contributed by atoms with Crippen LogP contribution in [0.3, 0.4) is 0 Å². The van der Waals surface area contributed by atoms with Crippen LogP contribution in [0.15, 0.2) is 0 Å². The monoisotopic (exact) mass is 209 g/mol. The van der Waals surface area contributed by atoms with Gasteiger partial charge in [0.15, 0.2) is 0 Å². The van der Waals surface area contributed by atoms with E-state index in [0.717, 1.165) is 30.2 Å². The smallest absolute Gasteiger partial charge is 0.108 e. The summed E-state index contributed by atoms with van der Waals surface area (Å²) in [4.78, 5) is 7.87. The van der Waals surface area contributed by atoms with Crippen molar-refractivity contribution in [3.8, 4) is 0 Å². The molecular formula is C11H19N3O. The molecule has 1 atom stereocenters. The molecule has 1 unspecified atom stereocenters. The quantitative estimate of drug-likeness (QED) is 0.782. The molecule has 0 spiro atoms. The zero-order valence-electron chi connectivity index (χ0n) is 9.47. The Balaban J connectivity index is 1.98. The van der Waals surface area contributed by atoms with Crippen molar-refractivity contribution in [1.29, 1.82) is 0 Å². The highest BCUT2D eigenvalue weighted by molar-refractivity contribution is 5.13. The van der Waals surface area contributed by atoms with Gasteiger partial charge in [-0.2, -0.15) is 0 Å². The van der Waals surface area contributed by atoms with Crippen molar-refractivity contribution in [3.63, 3.8) is 0 Å². The van der Waals surface area contributed by atoms with E-state index in [-0.39, 0.29) is 0 Å². The average molecular weight is 209 g/mol. The topological polar surface area (TPSA) is 49.9 Å². The van der Waals surface area contributed by atoms with Gasteiger partial charge in [0.05, 0.1) is 12.3 Å². The van der Waals surface area contributed by atoms with E-state index in [9.17, 15) is 0 Å². The first-order valence-corrected chi connectivity index (χ1v) is 5.56. The van der Waals surface area contributed by atoms with Crippen molar-refractivity contribution in [1.82, 2.24) is 15.3 Å². The third-order valence-electron chi connectivity index (χ3n) is 2.92. The second-order valence-corrected chi connectivity index (χ2v) is 4.19. The first kappa shape index (κ1) is 10.6. The van der Waals surface area contributed by atoms with Crippen LogP contribution in [0.5, 0.6) is 0 Å². The molecule has 2 heterocycles. The van der Waals surface area contributed by atoms with Crippen molar-refractivity contribution in [3.05, 3.63) is 17.2 Å². The largest absolute Gasteiger partial charge is 0.378 e. The molecule has 84 valence electrons. The number of hydrogen-bond acceptors (Lipinski definition) is 3. The van der Waals surface area contributed by atoms with Gasteiger partial charge >= 0.3 is 0 Å². The fraction of sp³-hybridized carbons (Fsp3) is 0.727. The highest BCUT2D eigenvalue weighted by Crippen LogP contribution is 2.12. The summed E-state index contributed by atoms with van der Waals surface area (Å²) in [5.74, 6) is 1.08. The van der Waals surface area contributed by atoms with Crippen LogP contribution >= 0.6 is 0 Å². The van der Waals surface area contributed by atoms with Crippen molar-refractivity contribution in [2.24, 2.45) is 0 Å². The molecule has 2 rings (SSSR count). The maximum Gasteiger partial charge on any atom is 0.108 e. The van der Waals surface area contributed by atoms with Gasteiger partial charge < -0.3 is 15.0 Å². The van der Waals surface area contributed by atoms with Crippen LogP contribution in [0.4, 0.5) is 0 Å². The lowest BCUT2D eigenvalue weighted by Gasteiger charge is -2.06. The molecule has 1 aliphatic heterocycles. The maximum atomic E-state index is 5.09. The number of methoxy groups -OCH3 is 1.